The number of rotatable bonds is 11. The quantitative estimate of drug-likeness (QED) is 0.265. The van der Waals surface area contributed by atoms with Crippen molar-refractivity contribution < 1.29 is 14.3 Å². The summed E-state index contributed by atoms with van der Waals surface area (Å²) < 4.78 is 6.10. The summed E-state index contributed by atoms with van der Waals surface area (Å²) in [4.78, 5) is 29.1. The summed E-state index contributed by atoms with van der Waals surface area (Å²) in [7, 11) is 0. The molecule has 39 heavy (non-hydrogen) atoms. The van der Waals surface area contributed by atoms with Gasteiger partial charge in [0.05, 0.1) is 0 Å². The third-order valence-corrected chi connectivity index (χ3v) is 7.42. The number of hydrogen-bond acceptors (Lipinski definition) is 3. The average molecular weight is 570 g/mol. The highest BCUT2D eigenvalue weighted by Gasteiger charge is 2.32. The normalized spacial score (nSPS) is 12.9. The van der Waals surface area contributed by atoms with Gasteiger partial charge in [0.2, 0.25) is 5.91 Å². The first-order chi connectivity index (χ1) is 18.5. The number of amides is 2. The van der Waals surface area contributed by atoms with Gasteiger partial charge >= 0.3 is 0 Å². The van der Waals surface area contributed by atoms with Crippen LogP contribution in [-0.2, 0) is 28.0 Å². The number of ether oxygens (including phenoxy) is 1. The Labute approximate surface area is 242 Å². The van der Waals surface area contributed by atoms with Gasteiger partial charge in [-0.25, -0.2) is 0 Å². The Balaban J connectivity index is 2.00. The maximum Gasteiger partial charge on any atom is 0.261 e. The predicted octanol–water partition coefficient (Wildman–Crippen LogP) is 7.22. The van der Waals surface area contributed by atoms with E-state index in [0.29, 0.717) is 27.8 Å². The molecule has 0 fully saturated rings. The van der Waals surface area contributed by atoms with E-state index in [9.17, 15) is 9.59 Å². The first-order valence-electron chi connectivity index (χ1n) is 13.3. The number of para-hydroxylation sites is 1. The Morgan fingerprint density at radius 3 is 2.15 bits per heavy atom. The molecule has 0 aliphatic heterocycles. The zero-order valence-electron chi connectivity index (χ0n) is 23.3. The van der Waals surface area contributed by atoms with E-state index in [0.717, 1.165) is 17.5 Å². The van der Waals surface area contributed by atoms with Crippen molar-refractivity contribution >= 4 is 35.0 Å². The molecule has 0 spiro atoms. The fraction of sp³-hybridized carbons (Fsp3) is 0.375. The minimum Gasteiger partial charge on any atom is -0.483 e. The summed E-state index contributed by atoms with van der Waals surface area (Å²) in [5.41, 5.74) is 2.34. The number of halogens is 2. The molecule has 0 saturated heterocycles. The van der Waals surface area contributed by atoms with Gasteiger partial charge in [-0.2, -0.15) is 0 Å². The number of hydrogen-bond donors (Lipinski definition) is 1. The zero-order chi connectivity index (χ0) is 28.6. The highest BCUT2D eigenvalue weighted by atomic mass is 35.5. The van der Waals surface area contributed by atoms with E-state index in [1.54, 1.807) is 18.2 Å². The molecule has 0 bridgehead atoms. The summed E-state index contributed by atoms with van der Waals surface area (Å²) in [6, 6.07) is 21.7. The molecule has 0 aromatic heterocycles. The zero-order valence-corrected chi connectivity index (χ0v) is 24.9. The van der Waals surface area contributed by atoms with Crippen molar-refractivity contribution in [3.8, 4) is 5.75 Å². The van der Waals surface area contributed by atoms with Crippen molar-refractivity contribution in [2.75, 3.05) is 6.61 Å². The third kappa shape index (κ3) is 8.48. The van der Waals surface area contributed by atoms with Crippen molar-refractivity contribution in [3.05, 3.63) is 99.5 Å². The van der Waals surface area contributed by atoms with Crippen LogP contribution >= 0.6 is 23.2 Å². The number of benzene rings is 3. The molecule has 2 amide bonds. The van der Waals surface area contributed by atoms with E-state index in [4.69, 9.17) is 27.9 Å². The topological polar surface area (TPSA) is 58.6 Å². The number of nitrogens with zero attached hydrogens (tertiary/aromatic N) is 1. The lowest BCUT2D eigenvalue weighted by Gasteiger charge is -2.33. The van der Waals surface area contributed by atoms with Crippen LogP contribution in [0.3, 0.4) is 0 Å². The number of nitrogens with one attached hydrogen (secondary N) is 1. The second-order valence-electron chi connectivity index (χ2n) is 10.8. The van der Waals surface area contributed by atoms with Gasteiger partial charge in [-0.3, -0.25) is 9.59 Å². The van der Waals surface area contributed by atoms with E-state index in [1.165, 1.54) is 4.90 Å². The van der Waals surface area contributed by atoms with Crippen LogP contribution in [0, 0.1) is 0 Å². The standard InChI is InChI=1S/C32H38Cl2N2O3/c1-6-22(2)35-31(38)28(19-23-13-8-7-9-14-23)36(20-24-26(33)16-12-17-27(24)34)30(37)21-39-29-18-11-10-15-25(29)32(3,4)5/h7-18,22,28H,6,19-21H2,1-5H3,(H,35,38)/t22-,28+/m1/s1. The summed E-state index contributed by atoms with van der Waals surface area (Å²) in [5.74, 6) is 0.0625. The molecule has 3 aromatic rings. The monoisotopic (exact) mass is 568 g/mol. The number of carbonyl (C=O) groups is 2. The smallest absolute Gasteiger partial charge is 0.261 e. The third-order valence-electron chi connectivity index (χ3n) is 6.71. The molecule has 208 valence electrons. The molecule has 0 radical (unpaired) electrons. The van der Waals surface area contributed by atoms with Gasteiger partial charge in [-0.05, 0) is 48.1 Å². The molecular formula is C32H38Cl2N2O3. The van der Waals surface area contributed by atoms with Gasteiger partial charge in [0.15, 0.2) is 6.61 Å². The molecule has 5 nitrogen and oxygen atoms in total. The number of carbonyl (C=O) groups excluding carboxylic acids is 2. The van der Waals surface area contributed by atoms with E-state index >= 15 is 0 Å². The van der Waals surface area contributed by atoms with Crippen LogP contribution in [0.5, 0.6) is 5.75 Å². The average Bonchev–Trinajstić information content (AvgIpc) is 2.90. The maximum absolute atomic E-state index is 13.9. The van der Waals surface area contributed by atoms with Crippen LogP contribution < -0.4 is 10.1 Å². The first-order valence-corrected chi connectivity index (χ1v) is 14.1. The Morgan fingerprint density at radius 1 is 0.923 bits per heavy atom. The van der Waals surface area contributed by atoms with Crippen LogP contribution in [-0.4, -0.2) is 35.4 Å². The highest BCUT2D eigenvalue weighted by molar-refractivity contribution is 6.36. The Bertz CT molecular complexity index is 1240. The van der Waals surface area contributed by atoms with Crippen LogP contribution in [0.25, 0.3) is 0 Å². The summed E-state index contributed by atoms with van der Waals surface area (Å²) >= 11 is 13.0. The molecule has 0 saturated carbocycles. The second kappa shape index (κ2) is 13.9. The second-order valence-corrected chi connectivity index (χ2v) is 11.6. The van der Waals surface area contributed by atoms with Gasteiger partial charge < -0.3 is 15.0 Å². The first kappa shape index (κ1) is 30.5. The van der Waals surface area contributed by atoms with Gasteiger partial charge in [0.25, 0.3) is 5.91 Å². The fourth-order valence-electron chi connectivity index (χ4n) is 4.28. The van der Waals surface area contributed by atoms with Crippen molar-refractivity contribution in [1.29, 1.82) is 0 Å². The van der Waals surface area contributed by atoms with Crippen LogP contribution in [0.2, 0.25) is 10.0 Å². The Morgan fingerprint density at radius 2 is 1.54 bits per heavy atom. The molecule has 0 heterocycles. The van der Waals surface area contributed by atoms with Crippen molar-refractivity contribution in [2.45, 2.75) is 71.5 Å². The summed E-state index contributed by atoms with van der Waals surface area (Å²) in [6.45, 7) is 10.1. The Hall–Kier alpha value is -3.02. The predicted molar refractivity (Wildman–Crippen MR) is 159 cm³/mol. The fourth-order valence-corrected chi connectivity index (χ4v) is 4.80. The SMILES string of the molecule is CC[C@@H](C)NC(=O)[C@H](Cc1ccccc1)N(Cc1c(Cl)cccc1Cl)C(=O)COc1ccccc1C(C)(C)C. The molecule has 1 N–H and O–H groups in total. The Kier molecular flexibility index (Phi) is 10.8. The minimum absolute atomic E-state index is 0.0495. The molecule has 3 aromatic carbocycles. The van der Waals surface area contributed by atoms with E-state index in [-0.39, 0.29) is 36.4 Å². The van der Waals surface area contributed by atoms with Crippen LogP contribution in [0.1, 0.15) is 57.7 Å². The lowest BCUT2D eigenvalue weighted by Crippen LogP contribution is -2.53. The molecule has 0 aliphatic rings. The molecule has 7 heteroatoms. The largest absolute Gasteiger partial charge is 0.483 e. The van der Waals surface area contributed by atoms with Crippen molar-refractivity contribution in [2.24, 2.45) is 0 Å². The molecule has 0 unspecified atom stereocenters. The molecule has 2 atom stereocenters. The van der Waals surface area contributed by atoms with Crippen molar-refractivity contribution in [3.63, 3.8) is 0 Å². The van der Waals surface area contributed by atoms with Crippen molar-refractivity contribution in [1.82, 2.24) is 10.2 Å². The van der Waals surface area contributed by atoms with Crippen LogP contribution in [0.15, 0.2) is 72.8 Å². The van der Waals surface area contributed by atoms with Gasteiger partial charge in [-0.15, -0.1) is 0 Å². The maximum atomic E-state index is 13.9. The lowest BCUT2D eigenvalue weighted by molar-refractivity contribution is -0.143. The highest BCUT2D eigenvalue weighted by Crippen LogP contribution is 2.31. The van der Waals surface area contributed by atoms with E-state index in [2.05, 4.69) is 26.1 Å². The van der Waals surface area contributed by atoms with E-state index < -0.39 is 6.04 Å². The van der Waals surface area contributed by atoms with Gasteiger partial charge in [-0.1, -0.05) is 105 Å². The summed E-state index contributed by atoms with van der Waals surface area (Å²) in [6.07, 6.45) is 1.09. The molecular weight excluding hydrogens is 531 g/mol. The van der Waals surface area contributed by atoms with E-state index in [1.807, 2.05) is 68.4 Å². The van der Waals surface area contributed by atoms with Crippen LogP contribution in [0.4, 0.5) is 0 Å². The lowest BCUT2D eigenvalue weighted by atomic mass is 9.86. The molecule has 0 aliphatic carbocycles. The van der Waals surface area contributed by atoms with Gasteiger partial charge in [0, 0.05) is 34.6 Å². The summed E-state index contributed by atoms with van der Waals surface area (Å²) in [5, 5.41) is 3.92. The minimum atomic E-state index is -0.803. The molecule has 3 rings (SSSR count). The van der Waals surface area contributed by atoms with Gasteiger partial charge in [0.1, 0.15) is 11.8 Å².